The molecule has 72 valence electrons. The van der Waals surface area contributed by atoms with E-state index >= 15 is 0 Å². The maximum atomic E-state index is 11.4. The van der Waals surface area contributed by atoms with E-state index in [1.54, 1.807) is 6.92 Å². The van der Waals surface area contributed by atoms with Crippen LogP contribution in [-0.2, 0) is 0 Å². The van der Waals surface area contributed by atoms with E-state index in [1.807, 2.05) is 6.07 Å². The fourth-order valence-corrected chi connectivity index (χ4v) is 1.52. The van der Waals surface area contributed by atoms with Gasteiger partial charge in [0.25, 0.3) is 0 Å². The van der Waals surface area contributed by atoms with Gasteiger partial charge in [0, 0.05) is 0 Å². The van der Waals surface area contributed by atoms with Crippen LogP contribution >= 0.6 is 15.9 Å². The molecule has 0 atom stereocenters. The quantitative estimate of drug-likeness (QED) is 0.649. The first-order valence-electron chi connectivity index (χ1n) is 3.93. The molecule has 1 aromatic carbocycles. The number of rotatable bonds is 2. The lowest BCUT2D eigenvalue weighted by Crippen LogP contribution is -2.04. The Balaban J connectivity index is 3.42. The van der Waals surface area contributed by atoms with Gasteiger partial charge in [-0.3, -0.25) is 4.79 Å². The van der Waals surface area contributed by atoms with Crippen LogP contribution in [0.15, 0.2) is 12.1 Å². The van der Waals surface area contributed by atoms with Gasteiger partial charge in [0.2, 0.25) is 0 Å². The Kier molecular flexibility index (Phi) is 3.26. The third-order valence-electron chi connectivity index (χ3n) is 1.96. The number of halogens is 1. The highest BCUT2D eigenvalue weighted by atomic mass is 79.9. The first-order valence-corrected chi connectivity index (χ1v) is 5.05. The third-order valence-corrected chi connectivity index (χ3v) is 2.47. The van der Waals surface area contributed by atoms with Crippen molar-refractivity contribution in [2.45, 2.75) is 6.92 Å². The molecule has 0 bridgehead atoms. The van der Waals surface area contributed by atoms with Gasteiger partial charge in [-0.25, -0.2) is 0 Å². The van der Waals surface area contributed by atoms with Gasteiger partial charge < -0.3 is 5.11 Å². The highest BCUT2D eigenvalue weighted by Crippen LogP contribution is 2.24. The summed E-state index contributed by atoms with van der Waals surface area (Å²) in [5.41, 5.74) is 1.16. The molecule has 1 rings (SSSR count). The number of hydrogen-bond acceptors (Lipinski definition) is 3. The van der Waals surface area contributed by atoms with E-state index in [1.165, 1.54) is 12.1 Å². The van der Waals surface area contributed by atoms with E-state index in [9.17, 15) is 9.90 Å². The van der Waals surface area contributed by atoms with Gasteiger partial charge in [-0.1, -0.05) is 15.9 Å². The lowest BCUT2D eigenvalue weighted by Gasteiger charge is -2.06. The molecule has 1 aromatic rings. The van der Waals surface area contributed by atoms with E-state index in [4.69, 9.17) is 5.26 Å². The average molecular weight is 254 g/mol. The molecule has 4 heteroatoms. The van der Waals surface area contributed by atoms with Crippen LogP contribution in [0.4, 0.5) is 0 Å². The van der Waals surface area contributed by atoms with E-state index < -0.39 is 0 Å². The maximum absolute atomic E-state index is 11.4. The standard InChI is InChI=1S/C10H8BrNO2/c1-6-7(5-12)2-3-8(13)10(6)9(14)4-11/h2-3,13H,4H2,1H3. The monoisotopic (exact) mass is 253 g/mol. The molecule has 0 aliphatic rings. The van der Waals surface area contributed by atoms with E-state index in [0.29, 0.717) is 11.1 Å². The van der Waals surface area contributed by atoms with Gasteiger partial charge in [0.05, 0.1) is 22.5 Å². The fourth-order valence-electron chi connectivity index (χ4n) is 1.24. The molecule has 0 saturated carbocycles. The van der Waals surface area contributed by atoms with Crippen molar-refractivity contribution < 1.29 is 9.90 Å². The van der Waals surface area contributed by atoms with Crippen LogP contribution in [0.2, 0.25) is 0 Å². The summed E-state index contributed by atoms with van der Waals surface area (Å²) in [4.78, 5) is 11.4. The molecular weight excluding hydrogens is 246 g/mol. The molecule has 0 aromatic heterocycles. The second-order valence-corrected chi connectivity index (χ2v) is 3.36. The molecule has 0 unspecified atom stereocenters. The lowest BCUT2D eigenvalue weighted by atomic mass is 9.99. The number of phenolic OH excluding ortho intramolecular Hbond substituents is 1. The van der Waals surface area contributed by atoms with Crippen molar-refractivity contribution in [1.82, 2.24) is 0 Å². The minimum Gasteiger partial charge on any atom is -0.507 e. The topological polar surface area (TPSA) is 61.1 Å². The van der Waals surface area contributed by atoms with Crippen LogP contribution in [-0.4, -0.2) is 16.2 Å². The van der Waals surface area contributed by atoms with Crippen LogP contribution < -0.4 is 0 Å². The number of Topliss-reactive ketones (excluding diaryl/α,β-unsaturated/α-hetero) is 1. The molecule has 0 radical (unpaired) electrons. The average Bonchev–Trinajstić information content (AvgIpc) is 2.18. The Bertz CT molecular complexity index is 421. The zero-order valence-electron chi connectivity index (χ0n) is 7.54. The first kappa shape index (κ1) is 10.7. The van der Waals surface area contributed by atoms with Crippen molar-refractivity contribution in [1.29, 1.82) is 5.26 Å². The summed E-state index contributed by atoms with van der Waals surface area (Å²) < 4.78 is 0. The van der Waals surface area contributed by atoms with Gasteiger partial charge in [0.15, 0.2) is 5.78 Å². The van der Waals surface area contributed by atoms with E-state index in [0.717, 1.165) is 0 Å². The Morgan fingerprint density at radius 3 is 2.79 bits per heavy atom. The van der Waals surface area contributed by atoms with Crippen LogP contribution in [0.1, 0.15) is 21.5 Å². The zero-order valence-corrected chi connectivity index (χ0v) is 9.13. The number of phenols is 1. The van der Waals surface area contributed by atoms with Crippen molar-refractivity contribution in [3.05, 3.63) is 28.8 Å². The maximum Gasteiger partial charge on any atom is 0.177 e. The van der Waals surface area contributed by atoms with Gasteiger partial charge in [0.1, 0.15) is 5.75 Å². The van der Waals surface area contributed by atoms with Crippen molar-refractivity contribution in [2.75, 3.05) is 5.33 Å². The second kappa shape index (κ2) is 4.25. The number of alkyl halides is 1. The number of nitrogens with zero attached hydrogens (tertiary/aromatic N) is 1. The number of aromatic hydroxyl groups is 1. The molecular formula is C10H8BrNO2. The molecule has 0 spiro atoms. The highest BCUT2D eigenvalue weighted by molar-refractivity contribution is 9.09. The predicted octanol–water partition coefficient (Wildman–Crippen LogP) is 2.15. The summed E-state index contributed by atoms with van der Waals surface area (Å²) in [5.74, 6) is -0.303. The number of ketones is 1. The van der Waals surface area contributed by atoms with Crippen molar-refractivity contribution in [2.24, 2.45) is 0 Å². The van der Waals surface area contributed by atoms with Crippen molar-refractivity contribution in [3.63, 3.8) is 0 Å². The summed E-state index contributed by atoms with van der Waals surface area (Å²) in [6.45, 7) is 1.65. The Morgan fingerprint density at radius 1 is 1.64 bits per heavy atom. The number of nitriles is 1. The Labute approximate surface area is 90.1 Å². The van der Waals surface area contributed by atoms with Crippen LogP contribution in [0.3, 0.4) is 0 Å². The molecule has 14 heavy (non-hydrogen) atoms. The normalized spacial score (nSPS) is 9.50. The summed E-state index contributed by atoms with van der Waals surface area (Å²) in [6, 6.07) is 4.82. The molecule has 0 aliphatic carbocycles. The molecule has 0 saturated heterocycles. The second-order valence-electron chi connectivity index (χ2n) is 2.80. The molecule has 0 aliphatic heterocycles. The van der Waals surface area contributed by atoms with Gasteiger partial charge in [-0.05, 0) is 24.6 Å². The smallest absolute Gasteiger partial charge is 0.177 e. The predicted molar refractivity (Wildman–Crippen MR) is 55.7 cm³/mol. The summed E-state index contributed by atoms with van der Waals surface area (Å²) in [7, 11) is 0. The van der Waals surface area contributed by atoms with Gasteiger partial charge in [-0.15, -0.1) is 0 Å². The first-order chi connectivity index (χ1) is 6.61. The fraction of sp³-hybridized carbons (Fsp3) is 0.200. The largest absolute Gasteiger partial charge is 0.507 e. The molecule has 0 fully saturated rings. The Morgan fingerprint density at radius 2 is 2.29 bits per heavy atom. The third kappa shape index (κ3) is 1.78. The zero-order chi connectivity index (χ0) is 10.7. The SMILES string of the molecule is Cc1c(C#N)ccc(O)c1C(=O)CBr. The van der Waals surface area contributed by atoms with E-state index in [-0.39, 0.29) is 22.4 Å². The molecule has 1 N–H and O–H groups in total. The number of benzene rings is 1. The minimum atomic E-state index is -0.225. The summed E-state index contributed by atoms with van der Waals surface area (Å²) in [5, 5.41) is 18.3. The minimum absolute atomic E-state index is 0.0778. The van der Waals surface area contributed by atoms with Crippen LogP contribution in [0, 0.1) is 18.3 Å². The van der Waals surface area contributed by atoms with Gasteiger partial charge in [-0.2, -0.15) is 5.26 Å². The molecule has 3 nitrogen and oxygen atoms in total. The molecule has 0 heterocycles. The van der Waals surface area contributed by atoms with E-state index in [2.05, 4.69) is 15.9 Å². The van der Waals surface area contributed by atoms with Gasteiger partial charge >= 0.3 is 0 Å². The summed E-state index contributed by atoms with van der Waals surface area (Å²) in [6.07, 6.45) is 0. The van der Waals surface area contributed by atoms with Crippen LogP contribution in [0.5, 0.6) is 5.75 Å². The summed E-state index contributed by atoms with van der Waals surface area (Å²) >= 11 is 3.02. The number of carbonyl (C=O) groups is 1. The van der Waals surface area contributed by atoms with Crippen molar-refractivity contribution in [3.8, 4) is 11.8 Å². The van der Waals surface area contributed by atoms with Crippen molar-refractivity contribution >= 4 is 21.7 Å². The van der Waals surface area contributed by atoms with Crippen LogP contribution in [0.25, 0.3) is 0 Å². The highest BCUT2D eigenvalue weighted by Gasteiger charge is 2.15. The Hall–Kier alpha value is -1.34. The lowest BCUT2D eigenvalue weighted by molar-refractivity contribution is 0.102. The number of carbonyl (C=O) groups excluding carboxylic acids is 1. The molecule has 0 amide bonds. The number of hydrogen-bond donors (Lipinski definition) is 1.